The first kappa shape index (κ1) is 21.8. The van der Waals surface area contributed by atoms with Crippen molar-refractivity contribution in [3.05, 3.63) is 88.2 Å². The van der Waals surface area contributed by atoms with Crippen LogP contribution < -0.4 is 10.2 Å². The van der Waals surface area contributed by atoms with E-state index in [0.29, 0.717) is 41.8 Å². The van der Waals surface area contributed by atoms with Crippen LogP contribution in [0.1, 0.15) is 10.4 Å². The van der Waals surface area contributed by atoms with Crippen LogP contribution in [-0.4, -0.2) is 37.1 Å². The molecular weight excluding hydrogens is 433 g/mol. The summed E-state index contributed by atoms with van der Waals surface area (Å²) in [5.41, 5.74) is 1.50. The normalized spacial score (nSPS) is 13.6. The summed E-state index contributed by atoms with van der Waals surface area (Å²) in [6, 6.07) is 17.5. The van der Waals surface area contributed by atoms with Gasteiger partial charge in [0.15, 0.2) is 0 Å². The Bertz CT molecular complexity index is 1130. The molecule has 0 spiro atoms. The van der Waals surface area contributed by atoms with Crippen LogP contribution in [0.3, 0.4) is 0 Å². The first-order valence-corrected chi connectivity index (χ1v) is 10.8. The Morgan fingerprint density at radius 2 is 1.78 bits per heavy atom. The van der Waals surface area contributed by atoms with E-state index in [-0.39, 0.29) is 17.1 Å². The van der Waals surface area contributed by atoms with E-state index in [2.05, 4.69) is 10.2 Å². The fourth-order valence-electron chi connectivity index (χ4n) is 3.37. The Labute approximate surface area is 188 Å². The number of nitrogens with zero attached hydrogens (tertiary/aromatic N) is 2. The zero-order valence-corrected chi connectivity index (χ0v) is 17.8. The van der Waals surface area contributed by atoms with E-state index in [4.69, 9.17) is 4.74 Å². The second-order valence-corrected chi connectivity index (χ2v) is 8.18. The van der Waals surface area contributed by atoms with Gasteiger partial charge in [0.05, 0.1) is 34.4 Å². The van der Waals surface area contributed by atoms with Gasteiger partial charge >= 0.3 is 0 Å². The van der Waals surface area contributed by atoms with Gasteiger partial charge in [-0.2, -0.15) is 0 Å². The fourth-order valence-corrected chi connectivity index (χ4v) is 4.27. The molecule has 1 heterocycles. The molecule has 0 unspecified atom stereocenters. The monoisotopic (exact) mass is 453 g/mol. The standard InChI is InChI=1S/C23H20FN3O4S/c24-17-6-8-18(9-7-17)32-22-10-5-16(15-21(22)27(29)30)23(28)25-19-3-1-2-4-20(19)26-11-13-31-14-12-26/h1-10,15H,11-14H2,(H,25,28). The average Bonchev–Trinajstić information content (AvgIpc) is 2.81. The summed E-state index contributed by atoms with van der Waals surface area (Å²) in [6.07, 6.45) is 0. The van der Waals surface area contributed by atoms with E-state index < -0.39 is 10.8 Å². The molecule has 0 bridgehead atoms. The summed E-state index contributed by atoms with van der Waals surface area (Å²) in [5, 5.41) is 14.5. The number of hydrogen-bond donors (Lipinski definition) is 1. The first-order valence-electron chi connectivity index (χ1n) is 9.96. The number of benzene rings is 3. The Balaban J connectivity index is 1.56. The number of nitrogens with one attached hydrogen (secondary N) is 1. The molecule has 7 nitrogen and oxygen atoms in total. The van der Waals surface area contributed by atoms with Crippen molar-refractivity contribution in [3.8, 4) is 0 Å². The van der Waals surface area contributed by atoms with Crippen LogP contribution >= 0.6 is 11.8 Å². The van der Waals surface area contributed by atoms with E-state index in [9.17, 15) is 19.3 Å². The predicted molar refractivity (Wildman–Crippen MR) is 121 cm³/mol. The second-order valence-electron chi connectivity index (χ2n) is 7.07. The molecule has 1 aliphatic rings. The van der Waals surface area contributed by atoms with Gasteiger partial charge in [-0.3, -0.25) is 14.9 Å². The molecule has 32 heavy (non-hydrogen) atoms. The molecule has 1 amide bonds. The van der Waals surface area contributed by atoms with Crippen LogP contribution in [0.15, 0.2) is 76.5 Å². The summed E-state index contributed by atoms with van der Waals surface area (Å²) < 4.78 is 18.5. The molecular formula is C23H20FN3O4S. The third-order valence-corrected chi connectivity index (χ3v) is 6.04. The molecule has 0 atom stereocenters. The molecule has 0 aliphatic carbocycles. The number of carbonyl (C=O) groups is 1. The van der Waals surface area contributed by atoms with Gasteiger partial charge in [0.25, 0.3) is 11.6 Å². The van der Waals surface area contributed by atoms with Crippen molar-refractivity contribution >= 4 is 34.7 Å². The van der Waals surface area contributed by atoms with E-state index >= 15 is 0 Å². The third kappa shape index (κ3) is 5.06. The van der Waals surface area contributed by atoms with E-state index in [0.717, 1.165) is 17.4 Å². The van der Waals surface area contributed by atoms with Crippen molar-refractivity contribution in [2.45, 2.75) is 9.79 Å². The summed E-state index contributed by atoms with van der Waals surface area (Å²) >= 11 is 1.14. The minimum atomic E-state index is -0.523. The number of hydrogen-bond acceptors (Lipinski definition) is 6. The third-order valence-electron chi connectivity index (χ3n) is 4.96. The number of ether oxygens (including phenoxy) is 1. The number of anilines is 2. The van der Waals surface area contributed by atoms with Crippen molar-refractivity contribution in [1.29, 1.82) is 0 Å². The first-order chi connectivity index (χ1) is 15.5. The fraction of sp³-hybridized carbons (Fsp3) is 0.174. The Hall–Kier alpha value is -3.43. The minimum Gasteiger partial charge on any atom is -0.378 e. The Kier molecular flexibility index (Phi) is 6.67. The highest BCUT2D eigenvalue weighted by molar-refractivity contribution is 7.99. The number of morpholine rings is 1. The topological polar surface area (TPSA) is 84.7 Å². The van der Waals surface area contributed by atoms with Gasteiger partial charge in [-0.25, -0.2) is 4.39 Å². The van der Waals surface area contributed by atoms with Gasteiger partial charge in [-0.15, -0.1) is 0 Å². The highest BCUT2D eigenvalue weighted by atomic mass is 32.2. The quantitative estimate of drug-likeness (QED) is 0.419. The van der Waals surface area contributed by atoms with E-state index in [1.807, 2.05) is 18.2 Å². The molecule has 1 fully saturated rings. The summed E-state index contributed by atoms with van der Waals surface area (Å²) in [7, 11) is 0. The lowest BCUT2D eigenvalue weighted by atomic mass is 10.1. The van der Waals surface area contributed by atoms with Crippen molar-refractivity contribution < 1.29 is 18.8 Å². The van der Waals surface area contributed by atoms with Crippen LogP contribution in [0.2, 0.25) is 0 Å². The lowest BCUT2D eigenvalue weighted by Gasteiger charge is -2.30. The molecule has 164 valence electrons. The van der Waals surface area contributed by atoms with Crippen molar-refractivity contribution in [2.75, 3.05) is 36.5 Å². The predicted octanol–water partition coefficient (Wildman–Crippen LogP) is 4.97. The van der Waals surface area contributed by atoms with Gasteiger partial charge in [0.2, 0.25) is 0 Å². The van der Waals surface area contributed by atoms with Crippen molar-refractivity contribution in [1.82, 2.24) is 0 Å². The maximum absolute atomic E-state index is 13.1. The van der Waals surface area contributed by atoms with Crippen molar-refractivity contribution in [2.24, 2.45) is 0 Å². The second kappa shape index (κ2) is 9.80. The summed E-state index contributed by atoms with van der Waals surface area (Å²) in [6.45, 7) is 2.66. The number of para-hydroxylation sites is 2. The summed E-state index contributed by atoms with van der Waals surface area (Å²) in [5.74, 6) is -0.819. The van der Waals surface area contributed by atoms with E-state index in [1.54, 1.807) is 24.3 Å². The van der Waals surface area contributed by atoms with Crippen LogP contribution in [0.5, 0.6) is 0 Å². The molecule has 1 aliphatic heterocycles. The molecule has 3 aromatic carbocycles. The molecule has 1 saturated heterocycles. The van der Waals surface area contributed by atoms with E-state index in [1.165, 1.54) is 24.3 Å². The molecule has 1 N–H and O–H groups in total. The van der Waals surface area contributed by atoms with Crippen molar-refractivity contribution in [3.63, 3.8) is 0 Å². The van der Waals surface area contributed by atoms with Gasteiger partial charge in [0, 0.05) is 29.6 Å². The highest BCUT2D eigenvalue weighted by Gasteiger charge is 2.20. The summed E-state index contributed by atoms with van der Waals surface area (Å²) in [4.78, 5) is 27.2. The largest absolute Gasteiger partial charge is 0.378 e. The zero-order chi connectivity index (χ0) is 22.5. The maximum atomic E-state index is 13.1. The zero-order valence-electron chi connectivity index (χ0n) is 17.0. The Morgan fingerprint density at radius 1 is 1.06 bits per heavy atom. The highest BCUT2D eigenvalue weighted by Crippen LogP contribution is 2.36. The number of rotatable bonds is 6. The smallest absolute Gasteiger partial charge is 0.284 e. The number of carbonyl (C=O) groups excluding carboxylic acids is 1. The SMILES string of the molecule is O=C(Nc1ccccc1N1CCOCC1)c1ccc(Sc2ccc(F)cc2)c([N+](=O)[O-])c1. The number of nitro groups is 1. The number of halogens is 1. The number of nitro benzene ring substituents is 1. The van der Waals surface area contributed by atoms with Crippen LogP contribution in [0.4, 0.5) is 21.5 Å². The Morgan fingerprint density at radius 3 is 2.50 bits per heavy atom. The maximum Gasteiger partial charge on any atom is 0.284 e. The minimum absolute atomic E-state index is 0.178. The van der Waals surface area contributed by atoms with Crippen LogP contribution in [-0.2, 0) is 4.74 Å². The molecule has 3 aromatic rings. The van der Waals surface area contributed by atoms with Gasteiger partial charge < -0.3 is 15.0 Å². The van der Waals surface area contributed by atoms with Gasteiger partial charge in [-0.1, -0.05) is 23.9 Å². The molecule has 0 radical (unpaired) electrons. The molecule has 9 heteroatoms. The average molecular weight is 453 g/mol. The van der Waals surface area contributed by atoms with Gasteiger partial charge in [-0.05, 0) is 48.5 Å². The molecule has 4 rings (SSSR count). The van der Waals surface area contributed by atoms with Crippen LogP contribution in [0, 0.1) is 15.9 Å². The lowest BCUT2D eigenvalue weighted by molar-refractivity contribution is -0.387. The lowest BCUT2D eigenvalue weighted by Crippen LogP contribution is -2.36. The number of amides is 1. The molecule has 0 saturated carbocycles. The molecule has 0 aromatic heterocycles. The van der Waals surface area contributed by atoms with Gasteiger partial charge in [0.1, 0.15) is 5.82 Å². The van der Waals surface area contributed by atoms with Crippen LogP contribution in [0.25, 0.3) is 0 Å².